The van der Waals surface area contributed by atoms with Crippen LogP contribution in [0.25, 0.3) is 0 Å². The van der Waals surface area contributed by atoms with E-state index in [0.717, 1.165) is 52.9 Å². The molecule has 2 aromatic rings. The Kier molecular flexibility index (Phi) is 8.94. The number of sulfonamides is 1. The van der Waals surface area contributed by atoms with E-state index in [9.17, 15) is 18.0 Å². The van der Waals surface area contributed by atoms with Crippen LogP contribution in [0.4, 0.5) is 5.69 Å². The summed E-state index contributed by atoms with van der Waals surface area (Å²) in [6, 6.07) is 14.3. The second kappa shape index (κ2) is 11.7. The molecule has 35 heavy (non-hydrogen) atoms. The minimum atomic E-state index is -3.74. The molecule has 1 aliphatic carbocycles. The van der Waals surface area contributed by atoms with Crippen LogP contribution < -0.4 is 9.62 Å². The summed E-state index contributed by atoms with van der Waals surface area (Å²) in [6.45, 7) is 5.24. The highest BCUT2D eigenvalue weighted by Crippen LogP contribution is 2.25. The average molecular weight is 500 g/mol. The van der Waals surface area contributed by atoms with Crippen LogP contribution in [0, 0.1) is 13.8 Å². The molecule has 0 spiro atoms. The van der Waals surface area contributed by atoms with Crippen molar-refractivity contribution in [3.05, 3.63) is 65.2 Å². The zero-order valence-corrected chi connectivity index (χ0v) is 22.0. The van der Waals surface area contributed by atoms with Gasteiger partial charge in [0.15, 0.2) is 0 Å². The predicted octanol–water partition coefficient (Wildman–Crippen LogP) is 3.94. The summed E-state index contributed by atoms with van der Waals surface area (Å²) in [5, 5.41) is 3.11. The predicted molar refractivity (Wildman–Crippen MR) is 140 cm³/mol. The normalized spacial score (nSPS) is 15.3. The maximum atomic E-state index is 13.7. The van der Waals surface area contributed by atoms with Crippen molar-refractivity contribution < 1.29 is 18.0 Å². The fraction of sp³-hybridized carbons (Fsp3) is 0.481. The first-order valence-electron chi connectivity index (χ1n) is 12.2. The molecule has 0 heterocycles. The van der Waals surface area contributed by atoms with Crippen LogP contribution in [0.2, 0.25) is 0 Å². The highest BCUT2D eigenvalue weighted by atomic mass is 32.2. The molecule has 1 atom stereocenters. The average Bonchev–Trinajstić information content (AvgIpc) is 2.82. The van der Waals surface area contributed by atoms with Gasteiger partial charge in [-0.15, -0.1) is 0 Å². The third-order valence-electron chi connectivity index (χ3n) is 6.63. The minimum Gasteiger partial charge on any atom is -0.352 e. The van der Waals surface area contributed by atoms with E-state index < -0.39 is 22.0 Å². The van der Waals surface area contributed by atoms with Gasteiger partial charge >= 0.3 is 0 Å². The lowest BCUT2D eigenvalue weighted by Gasteiger charge is -2.33. The molecule has 1 fully saturated rings. The van der Waals surface area contributed by atoms with Crippen LogP contribution in [0.15, 0.2) is 48.5 Å². The smallest absolute Gasteiger partial charge is 0.244 e. The minimum absolute atomic E-state index is 0.120. The molecule has 0 radical (unpaired) electrons. The Morgan fingerprint density at radius 3 is 2.31 bits per heavy atom. The van der Waals surface area contributed by atoms with Crippen molar-refractivity contribution in [2.24, 2.45) is 0 Å². The van der Waals surface area contributed by atoms with Crippen LogP contribution in [0.3, 0.4) is 0 Å². The Morgan fingerprint density at radius 2 is 1.69 bits per heavy atom. The molecule has 1 aliphatic rings. The molecule has 1 unspecified atom stereocenters. The number of aryl methyl sites for hydroxylation is 2. The molecule has 0 aromatic heterocycles. The third-order valence-corrected chi connectivity index (χ3v) is 7.75. The molecule has 0 aliphatic heterocycles. The first-order valence-corrected chi connectivity index (χ1v) is 14.1. The first kappa shape index (κ1) is 26.7. The molecule has 2 amide bonds. The van der Waals surface area contributed by atoms with E-state index in [1.807, 2.05) is 56.3 Å². The van der Waals surface area contributed by atoms with Crippen molar-refractivity contribution in [3.8, 4) is 0 Å². The van der Waals surface area contributed by atoms with Gasteiger partial charge in [0.1, 0.15) is 12.6 Å². The molecule has 3 rings (SSSR count). The van der Waals surface area contributed by atoms with E-state index in [2.05, 4.69) is 5.32 Å². The molecule has 1 saturated carbocycles. The van der Waals surface area contributed by atoms with Crippen LogP contribution in [0.1, 0.15) is 55.7 Å². The van der Waals surface area contributed by atoms with Gasteiger partial charge in [0.2, 0.25) is 21.8 Å². The fourth-order valence-electron chi connectivity index (χ4n) is 4.51. The lowest BCUT2D eigenvalue weighted by Crippen LogP contribution is -2.53. The Bertz CT molecular complexity index is 1130. The number of carbonyl (C=O) groups excluding carboxylic acids is 2. The first-order chi connectivity index (χ1) is 16.6. The second-order valence-corrected chi connectivity index (χ2v) is 11.5. The summed E-state index contributed by atoms with van der Waals surface area (Å²) >= 11 is 0. The number of rotatable bonds is 9. The fourth-order valence-corrected chi connectivity index (χ4v) is 5.41. The Labute approximate surface area is 209 Å². The molecular formula is C27H37N3O4S. The van der Waals surface area contributed by atoms with Crippen molar-refractivity contribution in [3.63, 3.8) is 0 Å². The quantitative estimate of drug-likeness (QED) is 0.566. The van der Waals surface area contributed by atoms with Crippen molar-refractivity contribution in [2.45, 2.75) is 71.5 Å². The molecule has 1 N–H and O–H groups in total. The molecule has 8 heteroatoms. The summed E-state index contributed by atoms with van der Waals surface area (Å²) in [6.07, 6.45) is 6.35. The van der Waals surface area contributed by atoms with Gasteiger partial charge < -0.3 is 10.2 Å². The van der Waals surface area contributed by atoms with Gasteiger partial charge in [0, 0.05) is 12.6 Å². The van der Waals surface area contributed by atoms with Gasteiger partial charge in [-0.05, 0) is 56.4 Å². The third kappa shape index (κ3) is 7.31. The van der Waals surface area contributed by atoms with Crippen LogP contribution in [0.5, 0.6) is 0 Å². The number of amides is 2. The van der Waals surface area contributed by atoms with Gasteiger partial charge in [0.25, 0.3) is 0 Å². The molecule has 0 bridgehead atoms. The SMILES string of the molecule is Cc1ccc(C)c(N(CC(=O)N(Cc2ccccc2)C(C)C(=O)NC2CCCCC2)S(C)(=O)=O)c1. The van der Waals surface area contributed by atoms with E-state index in [-0.39, 0.29) is 25.0 Å². The second-order valence-electron chi connectivity index (χ2n) is 9.59. The monoisotopic (exact) mass is 499 g/mol. The van der Waals surface area contributed by atoms with Crippen LogP contribution in [-0.4, -0.2) is 50.0 Å². The largest absolute Gasteiger partial charge is 0.352 e. The van der Waals surface area contributed by atoms with Crippen molar-refractivity contribution >= 4 is 27.5 Å². The van der Waals surface area contributed by atoms with Gasteiger partial charge in [-0.1, -0.05) is 61.7 Å². The lowest BCUT2D eigenvalue weighted by atomic mass is 9.95. The number of anilines is 1. The van der Waals surface area contributed by atoms with Crippen molar-refractivity contribution in [1.82, 2.24) is 10.2 Å². The van der Waals surface area contributed by atoms with E-state index in [4.69, 9.17) is 0 Å². The summed E-state index contributed by atoms with van der Waals surface area (Å²) in [4.78, 5) is 28.3. The van der Waals surface area contributed by atoms with Gasteiger partial charge in [-0.2, -0.15) is 0 Å². The summed E-state index contributed by atoms with van der Waals surface area (Å²) < 4.78 is 26.6. The van der Waals surface area contributed by atoms with Gasteiger partial charge in [-0.25, -0.2) is 8.42 Å². The van der Waals surface area contributed by atoms with E-state index in [1.165, 1.54) is 11.3 Å². The Hall–Kier alpha value is -2.87. The van der Waals surface area contributed by atoms with Crippen LogP contribution in [-0.2, 0) is 26.2 Å². The number of hydrogen-bond donors (Lipinski definition) is 1. The summed E-state index contributed by atoms with van der Waals surface area (Å²) in [5.74, 6) is -0.634. The van der Waals surface area contributed by atoms with Crippen molar-refractivity contribution in [2.75, 3.05) is 17.1 Å². The maximum Gasteiger partial charge on any atom is 0.244 e. The topological polar surface area (TPSA) is 86.8 Å². The molecule has 0 saturated heterocycles. The maximum absolute atomic E-state index is 13.7. The summed E-state index contributed by atoms with van der Waals surface area (Å²) in [7, 11) is -3.74. The summed E-state index contributed by atoms with van der Waals surface area (Å²) in [5.41, 5.74) is 3.00. The Balaban J connectivity index is 1.88. The van der Waals surface area contributed by atoms with E-state index >= 15 is 0 Å². The standard InChI is InChI=1S/C27H37N3O4S/c1-20-15-16-21(2)25(17-20)30(35(4,33)34)19-26(31)29(18-23-11-7-5-8-12-23)22(3)27(32)28-24-13-9-6-10-14-24/h5,7-8,11-12,15-17,22,24H,6,9-10,13-14,18-19H2,1-4H3,(H,28,32). The van der Waals surface area contributed by atoms with Gasteiger partial charge in [0.05, 0.1) is 11.9 Å². The van der Waals surface area contributed by atoms with Crippen LogP contribution >= 0.6 is 0 Å². The van der Waals surface area contributed by atoms with E-state index in [1.54, 1.807) is 13.0 Å². The molecule has 7 nitrogen and oxygen atoms in total. The van der Waals surface area contributed by atoms with Gasteiger partial charge in [-0.3, -0.25) is 13.9 Å². The zero-order valence-electron chi connectivity index (χ0n) is 21.2. The number of carbonyl (C=O) groups is 2. The molecule has 190 valence electrons. The molecular weight excluding hydrogens is 462 g/mol. The number of hydrogen-bond acceptors (Lipinski definition) is 4. The highest BCUT2D eigenvalue weighted by Gasteiger charge is 2.31. The highest BCUT2D eigenvalue weighted by molar-refractivity contribution is 7.92. The molecule has 2 aromatic carbocycles. The van der Waals surface area contributed by atoms with Crippen molar-refractivity contribution in [1.29, 1.82) is 0 Å². The lowest BCUT2D eigenvalue weighted by molar-refractivity contribution is -0.139. The number of nitrogens with zero attached hydrogens (tertiary/aromatic N) is 2. The number of nitrogens with one attached hydrogen (secondary N) is 1. The number of benzene rings is 2. The van der Waals surface area contributed by atoms with E-state index in [0.29, 0.717) is 5.69 Å². The zero-order chi connectivity index (χ0) is 25.6. The Morgan fingerprint density at radius 1 is 1.03 bits per heavy atom.